The number of carboxylic acid groups (broad SMARTS) is 1. The summed E-state index contributed by atoms with van der Waals surface area (Å²) in [7, 11) is 0. The van der Waals surface area contributed by atoms with E-state index in [1.165, 1.54) is 4.90 Å². The van der Waals surface area contributed by atoms with E-state index < -0.39 is 29.5 Å². The van der Waals surface area contributed by atoms with Gasteiger partial charge in [-0.15, -0.1) is 0 Å². The number of benzene rings is 1. The average molecular weight is 540 g/mol. The lowest BCUT2D eigenvalue weighted by molar-refractivity contribution is -0.140. The number of thiophene rings is 1. The number of carbonyl (C=O) groups excluding carboxylic acids is 2. The van der Waals surface area contributed by atoms with Gasteiger partial charge in [-0.1, -0.05) is 22.9 Å². The molecule has 36 heavy (non-hydrogen) atoms. The fourth-order valence-electron chi connectivity index (χ4n) is 4.55. The minimum Gasteiger partial charge on any atom is -0.486 e. The maximum atomic E-state index is 13.5. The number of halogens is 4. The third kappa shape index (κ3) is 4.35. The fraction of sp³-hybridized carbons (Fsp3) is 0.304. The number of aromatic nitrogens is 1. The number of ether oxygens (including phenoxy) is 1. The first-order chi connectivity index (χ1) is 17.0. The SMILES string of the molecule is O=C(O)Nc1sc2nc(C(F)(F)F)ccc2c1C(=O)N1CCC2(CC1)CC(=O)c1cc(Cl)ccc1O2. The van der Waals surface area contributed by atoms with Crippen LogP contribution in [0.15, 0.2) is 30.3 Å². The monoisotopic (exact) mass is 539 g/mol. The van der Waals surface area contributed by atoms with Crippen LogP contribution in [0.25, 0.3) is 10.2 Å². The highest BCUT2D eigenvalue weighted by Gasteiger charge is 2.44. The lowest BCUT2D eigenvalue weighted by Crippen LogP contribution is -2.52. The maximum Gasteiger partial charge on any atom is 0.433 e. The number of nitrogens with one attached hydrogen (secondary N) is 1. The summed E-state index contributed by atoms with van der Waals surface area (Å²) >= 11 is 6.64. The number of pyridine rings is 1. The lowest BCUT2D eigenvalue weighted by Gasteiger charge is -2.44. The van der Waals surface area contributed by atoms with E-state index >= 15 is 0 Å². The summed E-state index contributed by atoms with van der Waals surface area (Å²) in [6, 6.07) is 6.70. The Balaban J connectivity index is 1.41. The van der Waals surface area contributed by atoms with Gasteiger partial charge in [0.05, 0.1) is 17.5 Å². The van der Waals surface area contributed by atoms with Gasteiger partial charge in [-0.25, -0.2) is 9.78 Å². The van der Waals surface area contributed by atoms with Gasteiger partial charge in [0.1, 0.15) is 26.9 Å². The summed E-state index contributed by atoms with van der Waals surface area (Å²) in [6.45, 7) is 0.403. The first-order valence-electron chi connectivity index (χ1n) is 10.8. The van der Waals surface area contributed by atoms with Gasteiger partial charge < -0.3 is 14.7 Å². The van der Waals surface area contributed by atoms with Gasteiger partial charge in [-0.05, 0) is 30.3 Å². The number of fused-ring (bicyclic) bond motifs is 2. The van der Waals surface area contributed by atoms with Gasteiger partial charge in [-0.3, -0.25) is 14.9 Å². The maximum absolute atomic E-state index is 13.5. The van der Waals surface area contributed by atoms with E-state index in [1.54, 1.807) is 18.2 Å². The molecular formula is C23H17ClF3N3O5S. The van der Waals surface area contributed by atoms with Crippen molar-refractivity contribution in [1.29, 1.82) is 0 Å². The van der Waals surface area contributed by atoms with Gasteiger partial charge in [-0.2, -0.15) is 13.2 Å². The van der Waals surface area contributed by atoms with Crippen molar-refractivity contribution in [2.24, 2.45) is 0 Å². The molecule has 0 bridgehead atoms. The zero-order chi connectivity index (χ0) is 25.8. The van der Waals surface area contributed by atoms with Crippen LogP contribution in [0.5, 0.6) is 5.75 Å². The van der Waals surface area contributed by atoms with E-state index in [9.17, 15) is 32.7 Å². The Kier molecular flexibility index (Phi) is 5.83. The second-order valence-corrected chi connectivity index (χ2v) is 10.0. The second-order valence-electron chi connectivity index (χ2n) is 8.60. The van der Waals surface area contributed by atoms with Crippen LogP contribution < -0.4 is 10.1 Å². The van der Waals surface area contributed by atoms with E-state index in [2.05, 4.69) is 10.3 Å². The Morgan fingerprint density at radius 3 is 2.58 bits per heavy atom. The van der Waals surface area contributed by atoms with Gasteiger partial charge in [0.15, 0.2) is 5.78 Å². The molecule has 5 rings (SSSR count). The van der Waals surface area contributed by atoms with E-state index in [-0.39, 0.29) is 46.1 Å². The molecule has 188 valence electrons. The molecule has 0 radical (unpaired) electrons. The number of rotatable bonds is 2. The van der Waals surface area contributed by atoms with Crippen molar-refractivity contribution < 1.29 is 37.4 Å². The van der Waals surface area contributed by atoms with Crippen LogP contribution in [0, 0.1) is 0 Å². The van der Waals surface area contributed by atoms with Crippen molar-refractivity contribution in [2.75, 3.05) is 18.4 Å². The largest absolute Gasteiger partial charge is 0.486 e. The zero-order valence-corrected chi connectivity index (χ0v) is 19.9. The van der Waals surface area contributed by atoms with Crippen LogP contribution in [0.3, 0.4) is 0 Å². The molecule has 2 N–H and O–H groups in total. The highest BCUT2D eigenvalue weighted by atomic mass is 35.5. The number of alkyl halides is 3. The Hall–Kier alpha value is -3.38. The van der Waals surface area contributed by atoms with Crippen LogP contribution in [0.2, 0.25) is 5.02 Å². The number of nitrogens with zero attached hydrogens (tertiary/aromatic N) is 2. The van der Waals surface area contributed by atoms with Crippen molar-refractivity contribution >= 4 is 55.9 Å². The Morgan fingerprint density at radius 1 is 1.19 bits per heavy atom. The predicted octanol–water partition coefficient (Wildman–Crippen LogP) is 5.70. The molecule has 0 unspecified atom stereocenters. The number of likely N-dealkylation sites (tertiary alicyclic amines) is 1. The molecule has 1 fully saturated rings. The molecule has 2 aliphatic heterocycles. The standard InChI is InChI=1S/C23H17ClF3N3O5S/c24-11-1-3-15-13(9-11)14(31)10-22(35-15)5-7-30(8-6-22)20(32)17-12-2-4-16(23(25,26)27)28-18(12)36-19(17)29-21(33)34/h1-4,9,29H,5-8,10H2,(H,33,34). The fourth-order valence-corrected chi connectivity index (χ4v) is 5.78. The number of hydrogen-bond donors (Lipinski definition) is 2. The molecule has 0 atom stereocenters. The number of hydrogen-bond acceptors (Lipinski definition) is 6. The molecule has 1 spiro atoms. The molecule has 1 aromatic carbocycles. The second kappa shape index (κ2) is 8.63. The van der Waals surface area contributed by atoms with Gasteiger partial charge in [0, 0.05) is 36.3 Å². The van der Waals surface area contributed by atoms with E-state index in [0.717, 1.165) is 12.1 Å². The summed E-state index contributed by atoms with van der Waals surface area (Å²) in [5.41, 5.74) is -1.59. The van der Waals surface area contributed by atoms with Gasteiger partial charge >= 0.3 is 12.3 Å². The smallest absolute Gasteiger partial charge is 0.433 e. The van der Waals surface area contributed by atoms with E-state index in [1.807, 2.05) is 0 Å². The molecule has 2 aromatic heterocycles. The van der Waals surface area contributed by atoms with E-state index in [4.69, 9.17) is 16.3 Å². The molecule has 1 saturated heterocycles. The molecule has 4 heterocycles. The Morgan fingerprint density at radius 2 is 1.92 bits per heavy atom. The third-order valence-electron chi connectivity index (χ3n) is 6.29. The molecule has 0 saturated carbocycles. The molecule has 13 heteroatoms. The van der Waals surface area contributed by atoms with Crippen molar-refractivity contribution in [1.82, 2.24) is 9.88 Å². The molecular weight excluding hydrogens is 523 g/mol. The van der Waals surface area contributed by atoms with Crippen molar-refractivity contribution in [3.63, 3.8) is 0 Å². The number of amides is 2. The van der Waals surface area contributed by atoms with Crippen LogP contribution in [0.4, 0.5) is 23.0 Å². The van der Waals surface area contributed by atoms with Crippen molar-refractivity contribution in [3.8, 4) is 5.75 Å². The van der Waals surface area contributed by atoms with Crippen LogP contribution in [-0.4, -0.2) is 51.5 Å². The number of anilines is 1. The first-order valence-corrected chi connectivity index (χ1v) is 12.0. The minimum absolute atomic E-state index is 0.0600. The summed E-state index contributed by atoms with van der Waals surface area (Å²) in [5, 5.41) is 11.7. The summed E-state index contributed by atoms with van der Waals surface area (Å²) in [6.07, 6.45) is -5.35. The van der Waals surface area contributed by atoms with Gasteiger partial charge in [0.2, 0.25) is 0 Å². The number of Topliss-reactive ketones (excluding diaryl/α,β-unsaturated/α-hetero) is 1. The molecule has 2 aliphatic rings. The number of carbonyl (C=O) groups is 3. The topological polar surface area (TPSA) is 109 Å². The van der Waals surface area contributed by atoms with Crippen LogP contribution >= 0.6 is 22.9 Å². The minimum atomic E-state index is -4.69. The van der Waals surface area contributed by atoms with E-state index in [0.29, 0.717) is 40.5 Å². The highest BCUT2D eigenvalue weighted by molar-refractivity contribution is 7.23. The Bertz CT molecular complexity index is 1420. The molecule has 2 amide bonds. The summed E-state index contributed by atoms with van der Waals surface area (Å²) < 4.78 is 45.5. The quantitative estimate of drug-likeness (QED) is 0.432. The van der Waals surface area contributed by atoms with Crippen molar-refractivity contribution in [2.45, 2.75) is 31.0 Å². The number of piperidine rings is 1. The van der Waals surface area contributed by atoms with Crippen LogP contribution in [0.1, 0.15) is 45.7 Å². The normalized spacial score (nSPS) is 17.1. The third-order valence-corrected chi connectivity index (χ3v) is 7.54. The van der Waals surface area contributed by atoms with Gasteiger partial charge in [0.25, 0.3) is 5.91 Å². The highest BCUT2D eigenvalue weighted by Crippen LogP contribution is 2.42. The summed E-state index contributed by atoms with van der Waals surface area (Å²) in [5.74, 6) is -0.226. The van der Waals surface area contributed by atoms with Crippen LogP contribution in [-0.2, 0) is 6.18 Å². The first kappa shape index (κ1) is 24.3. The molecule has 8 nitrogen and oxygen atoms in total. The van der Waals surface area contributed by atoms with Crippen molar-refractivity contribution in [3.05, 3.63) is 52.2 Å². The molecule has 3 aromatic rings. The summed E-state index contributed by atoms with van der Waals surface area (Å²) in [4.78, 5) is 42.4. The average Bonchev–Trinajstić information content (AvgIpc) is 3.15. The molecule has 0 aliphatic carbocycles. The predicted molar refractivity (Wildman–Crippen MR) is 125 cm³/mol. The zero-order valence-electron chi connectivity index (χ0n) is 18.3. The Labute approximate surface area is 210 Å². The number of ketones is 1. The lowest BCUT2D eigenvalue weighted by atomic mass is 9.82.